The largest absolute Gasteiger partial charge is 0.315 e. The Bertz CT molecular complexity index is 795. The molecule has 1 fully saturated rings. The van der Waals surface area contributed by atoms with Crippen LogP contribution in [0.2, 0.25) is 0 Å². The average Bonchev–Trinajstić information content (AvgIpc) is 3.28. The first kappa shape index (κ1) is 17.1. The van der Waals surface area contributed by atoms with Crippen molar-refractivity contribution in [1.29, 1.82) is 0 Å². The molecule has 0 amide bonds. The van der Waals surface area contributed by atoms with Gasteiger partial charge in [-0.1, -0.05) is 0 Å². The Hall–Kier alpha value is -1.74. The molecule has 1 aliphatic rings. The third-order valence-corrected chi connectivity index (χ3v) is 6.31. The molecular weight excluding hydrogens is 328 g/mol. The number of rotatable bonds is 6. The van der Waals surface area contributed by atoms with E-state index in [1.165, 1.54) is 6.20 Å². The fourth-order valence-electron chi connectivity index (χ4n) is 3.08. The van der Waals surface area contributed by atoms with Crippen LogP contribution in [0, 0.1) is 5.92 Å². The molecule has 132 valence electrons. The number of sulfonamides is 1. The molecule has 0 radical (unpaired) electrons. The molecule has 0 N–H and O–H groups in total. The van der Waals surface area contributed by atoms with Crippen molar-refractivity contribution < 1.29 is 8.42 Å². The van der Waals surface area contributed by atoms with Crippen LogP contribution in [0.1, 0.15) is 39.1 Å². The molecule has 1 unspecified atom stereocenters. The van der Waals surface area contributed by atoms with Crippen LogP contribution in [0.3, 0.4) is 0 Å². The molecule has 8 nitrogen and oxygen atoms in total. The van der Waals surface area contributed by atoms with Gasteiger partial charge in [0.15, 0.2) is 0 Å². The first-order chi connectivity index (χ1) is 11.4. The smallest absolute Gasteiger partial charge is 0.246 e. The minimum Gasteiger partial charge on any atom is -0.315 e. The summed E-state index contributed by atoms with van der Waals surface area (Å²) < 4.78 is 30.7. The lowest BCUT2D eigenvalue weighted by molar-refractivity contribution is 0.446. The number of aryl methyl sites for hydroxylation is 1. The maximum Gasteiger partial charge on any atom is 0.246 e. The van der Waals surface area contributed by atoms with Gasteiger partial charge in [0.25, 0.3) is 0 Å². The van der Waals surface area contributed by atoms with Crippen molar-refractivity contribution in [2.24, 2.45) is 5.92 Å². The van der Waals surface area contributed by atoms with Crippen LogP contribution in [-0.2, 0) is 23.0 Å². The molecule has 3 rings (SSSR count). The molecule has 0 aliphatic carbocycles. The minimum atomic E-state index is -3.46. The highest BCUT2D eigenvalue weighted by Gasteiger charge is 2.34. The van der Waals surface area contributed by atoms with Crippen molar-refractivity contribution in [3.63, 3.8) is 0 Å². The number of aromatic nitrogens is 5. The third kappa shape index (κ3) is 3.23. The third-order valence-electron chi connectivity index (χ3n) is 4.49. The van der Waals surface area contributed by atoms with Gasteiger partial charge in [-0.05, 0) is 33.1 Å². The van der Waals surface area contributed by atoms with Crippen LogP contribution in [0.15, 0.2) is 23.6 Å². The summed E-state index contributed by atoms with van der Waals surface area (Å²) >= 11 is 0. The van der Waals surface area contributed by atoms with Gasteiger partial charge < -0.3 is 4.57 Å². The molecule has 1 saturated heterocycles. The molecule has 1 aliphatic heterocycles. The molecule has 9 heteroatoms. The summed E-state index contributed by atoms with van der Waals surface area (Å²) in [6.45, 7) is 7.82. The lowest BCUT2D eigenvalue weighted by atomic mass is 10.0. The second-order valence-corrected chi connectivity index (χ2v) is 8.44. The maximum atomic E-state index is 12.7. The second-order valence-electron chi connectivity index (χ2n) is 6.50. The SMILES string of the molecule is CCn1cc(S(=O)(=O)N2CCC(Cc3nncn3C(C)C)C2)cn1. The lowest BCUT2D eigenvalue weighted by Crippen LogP contribution is -2.29. The Kier molecular flexibility index (Phi) is 4.73. The maximum absolute atomic E-state index is 12.7. The summed E-state index contributed by atoms with van der Waals surface area (Å²) in [6, 6.07) is 0.302. The van der Waals surface area contributed by atoms with Crippen molar-refractivity contribution in [2.45, 2.75) is 51.1 Å². The van der Waals surface area contributed by atoms with Crippen molar-refractivity contribution in [3.8, 4) is 0 Å². The van der Waals surface area contributed by atoms with Crippen molar-refractivity contribution >= 4 is 10.0 Å². The van der Waals surface area contributed by atoms with Gasteiger partial charge >= 0.3 is 0 Å². The van der Waals surface area contributed by atoms with E-state index in [0.29, 0.717) is 25.7 Å². The summed E-state index contributed by atoms with van der Waals surface area (Å²) in [5.41, 5.74) is 0. The van der Waals surface area contributed by atoms with Gasteiger partial charge in [-0.2, -0.15) is 9.40 Å². The summed E-state index contributed by atoms with van der Waals surface area (Å²) in [5.74, 6) is 1.19. The molecule has 0 bridgehead atoms. The van der Waals surface area contributed by atoms with Crippen LogP contribution in [0.25, 0.3) is 0 Å². The Morgan fingerprint density at radius 2 is 2.17 bits per heavy atom. The minimum absolute atomic E-state index is 0.266. The van der Waals surface area contributed by atoms with Gasteiger partial charge in [0, 0.05) is 38.3 Å². The van der Waals surface area contributed by atoms with Crippen LogP contribution in [-0.4, -0.2) is 50.4 Å². The van der Waals surface area contributed by atoms with E-state index in [-0.39, 0.29) is 10.8 Å². The number of hydrogen-bond acceptors (Lipinski definition) is 5. The standard InChI is InChI=1S/C15H24N6O2S/c1-4-19-10-14(8-17-19)24(22,23)20-6-5-13(9-20)7-15-18-16-11-21(15)12(2)3/h8,10-13H,4-7,9H2,1-3H3. The summed E-state index contributed by atoms with van der Waals surface area (Å²) in [6.07, 6.45) is 6.35. The predicted molar refractivity (Wildman–Crippen MR) is 88.9 cm³/mol. The quantitative estimate of drug-likeness (QED) is 0.783. The number of nitrogens with zero attached hydrogens (tertiary/aromatic N) is 6. The first-order valence-electron chi connectivity index (χ1n) is 8.32. The molecule has 1 atom stereocenters. The van der Waals surface area contributed by atoms with Crippen LogP contribution in [0.5, 0.6) is 0 Å². The number of hydrogen-bond donors (Lipinski definition) is 0. The van der Waals surface area contributed by atoms with Gasteiger partial charge in [0.2, 0.25) is 10.0 Å². The van der Waals surface area contributed by atoms with E-state index >= 15 is 0 Å². The second kappa shape index (κ2) is 6.64. The highest BCUT2D eigenvalue weighted by atomic mass is 32.2. The van der Waals surface area contributed by atoms with E-state index in [0.717, 1.165) is 18.7 Å². The van der Waals surface area contributed by atoms with Crippen LogP contribution < -0.4 is 0 Å². The van der Waals surface area contributed by atoms with Gasteiger partial charge in [-0.25, -0.2) is 8.42 Å². The first-order valence-corrected chi connectivity index (χ1v) is 9.76. The molecule has 24 heavy (non-hydrogen) atoms. The topological polar surface area (TPSA) is 85.9 Å². The molecule has 3 heterocycles. The monoisotopic (exact) mass is 352 g/mol. The van der Waals surface area contributed by atoms with Crippen molar-refractivity contribution in [2.75, 3.05) is 13.1 Å². The highest BCUT2D eigenvalue weighted by molar-refractivity contribution is 7.89. The predicted octanol–water partition coefficient (Wildman–Crippen LogP) is 1.33. The zero-order chi connectivity index (χ0) is 17.3. The Balaban J connectivity index is 1.69. The fourth-order valence-corrected chi connectivity index (χ4v) is 4.57. The van der Waals surface area contributed by atoms with E-state index in [2.05, 4.69) is 29.1 Å². The molecule has 2 aromatic rings. The average molecular weight is 352 g/mol. The summed E-state index contributed by atoms with van der Waals surface area (Å²) in [7, 11) is -3.46. The fraction of sp³-hybridized carbons (Fsp3) is 0.667. The highest BCUT2D eigenvalue weighted by Crippen LogP contribution is 2.26. The molecule has 2 aromatic heterocycles. The molecule has 0 aromatic carbocycles. The van der Waals surface area contributed by atoms with E-state index in [1.807, 2.05) is 11.5 Å². The zero-order valence-electron chi connectivity index (χ0n) is 14.3. The van der Waals surface area contributed by atoms with Crippen molar-refractivity contribution in [3.05, 3.63) is 24.5 Å². The van der Waals surface area contributed by atoms with Crippen LogP contribution in [0.4, 0.5) is 0 Å². The Labute approximate surface area is 142 Å². The van der Waals surface area contributed by atoms with E-state index in [9.17, 15) is 8.42 Å². The zero-order valence-corrected chi connectivity index (χ0v) is 15.1. The van der Waals surface area contributed by atoms with Gasteiger partial charge in [0.1, 0.15) is 17.0 Å². The normalized spacial score (nSPS) is 19.4. The van der Waals surface area contributed by atoms with Gasteiger partial charge in [0.05, 0.1) is 6.20 Å². The molecule has 0 spiro atoms. The van der Waals surface area contributed by atoms with Gasteiger partial charge in [-0.15, -0.1) is 10.2 Å². The summed E-state index contributed by atoms with van der Waals surface area (Å²) in [4.78, 5) is 0.273. The van der Waals surface area contributed by atoms with Crippen molar-refractivity contribution in [1.82, 2.24) is 28.9 Å². The van der Waals surface area contributed by atoms with E-state index in [1.54, 1.807) is 21.5 Å². The van der Waals surface area contributed by atoms with Gasteiger partial charge in [-0.3, -0.25) is 4.68 Å². The molecule has 0 saturated carbocycles. The Morgan fingerprint density at radius 3 is 2.83 bits per heavy atom. The molecular formula is C15H24N6O2S. The van der Waals surface area contributed by atoms with E-state index < -0.39 is 10.0 Å². The summed E-state index contributed by atoms with van der Waals surface area (Å²) in [5, 5.41) is 12.2. The van der Waals surface area contributed by atoms with Crippen LogP contribution >= 0.6 is 0 Å². The lowest BCUT2D eigenvalue weighted by Gasteiger charge is -2.16. The Morgan fingerprint density at radius 1 is 1.38 bits per heavy atom. The van der Waals surface area contributed by atoms with E-state index in [4.69, 9.17) is 0 Å².